The Morgan fingerprint density at radius 1 is 0.706 bits per heavy atom. The van der Waals surface area contributed by atoms with Gasteiger partial charge in [0.25, 0.3) is 0 Å². The van der Waals surface area contributed by atoms with Crippen LogP contribution in [0.3, 0.4) is 0 Å². The fourth-order valence-electron chi connectivity index (χ4n) is 5.54. The second kappa shape index (κ2) is 18.8. The molecule has 262 valence electrons. The van der Waals surface area contributed by atoms with Crippen LogP contribution in [-0.4, -0.2) is 31.6 Å². The number of benzene rings is 3. The van der Waals surface area contributed by atoms with E-state index in [1.54, 1.807) is 12.2 Å². The zero-order chi connectivity index (χ0) is 35.8. The van der Waals surface area contributed by atoms with Crippen molar-refractivity contribution in [1.29, 1.82) is 0 Å². The molecule has 0 N–H and O–H groups in total. The molecule has 0 saturated heterocycles. The molecule has 0 bridgehead atoms. The van der Waals surface area contributed by atoms with Crippen molar-refractivity contribution >= 4 is 46.1 Å². The van der Waals surface area contributed by atoms with Crippen molar-refractivity contribution in [3.63, 3.8) is 0 Å². The summed E-state index contributed by atoms with van der Waals surface area (Å²) in [5.74, 6) is -0.178. The topological polar surface area (TPSA) is 130 Å². The van der Waals surface area contributed by atoms with Crippen molar-refractivity contribution in [1.82, 2.24) is 0 Å². The molecule has 11 heteroatoms. The van der Waals surface area contributed by atoms with Crippen LogP contribution in [0.5, 0.6) is 0 Å². The molecule has 2 aliphatic carbocycles. The molecule has 0 amide bonds. The van der Waals surface area contributed by atoms with Gasteiger partial charge in [-0.15, -0.1) is 0 Å². The highest BCUT2D eigenvalue weighted by Gasteiger charge is 2.13. The number of anilines is 1. The summed E-state index contributed by atoms with van der Waals surface area (Å²) in [7, 11) is 0. The Labute approximate surface area is 298 Å². The van der Waals surface area contributed by atoms with Crippen molar-refractivity contribution in [2.45, 2.75) is 58.8 Å². The van der Waals surface area contributed by atoms with Gasteiger partial charge < -0.3 is 14.4 Å². The summed E-state index contributed by atoms with van der Waals surface area (Å²) < 4.78 is 10.4. The van der Waals surface area contributed by atoms with Crippen molar-refractivity contribution in [2.24, 2.45) is 30.7 Å². The van der Waals surface area contributed by atoms with E-state index in [0.717, 1.165) is 58.8 Å². The van der Waals surface area contributed by atoms with Crippen LogP contribution < -0.4 is 15.3 Å². The molecule has 0 saturated carbocycles. The molecule has 0 spiro atoms. The Bertz CT molecular complexity index is 1970. The van der Waals surface area contributed by atoms with E-state index in [0.29, 0.717) is 49.2 Å². The molecule has 51 heavy (non-hydrogen) atoms. The first-order chi connectivity index (χ1) is 24.9. The summed E-state index contributed by atoms with van der Waals surface area (Å²) in [5, 5.41) is 29.1. The van der Waals surface area contributed by atoms with Crippen molar-refractivity contribution < 1.29 is 19.1 Å². The molecule has 0 atom stereocenters. The first-order valence-corrected chi connectivity index (χ1v) is 17.4. The SMILES string of the molecule is C=CC(=O)OCCCCC(=O)OC1=CC=C(N=Nc2ccc(N=NC3=c4ccccc4=C(N=Nc4ccc(N(CC)CC)cc4)CC3)cc2)CC1. The van der Waals surface area contributed by atoms with E-state index in [-0.39, 0.29) is 19.0 Å². The van der Waals surface area contributed by atoms with Gasteiger partial charge >= 0.3 is 11.9 Å². The average Bonchev–Trinajstić information content (AvgIpc) is 3.17. The Kier molecular flexibility index (Phi) is 13.4. The number of carbonyl (C=O) groups excluding carboxylic acids is 2. The molecule has 0 aromatic heterocycles. The van der Waals surface area contributed by atoms with Crippen LogP contribution in [0, 0.1) is 0 Å². The van der Waals surface area contributed by atoms with Gasteiger partial charge in [-0.2, -0.15) is 30.7 Å². The lowest BCUT2D eigenvalue weighted by molar-refractivity contribution is -0.139. The summed E-state index contributed by atoms with van der Waals surface area (Å²) in [6.07, 6.45) is 8.67. The fraction of sp³-hybridized carbons (Fsp3) is 0.300. The molecule has 0 radical (unpaired) electrons. The fourth-order valence-corrected chi connectivity index (χ4v) is 5.54. The third kappa shape index (κ3) is 10.8. The molecule has 3 aromatic carbocycles. The first kappa shape index (κ1) is 36.4. The largest absolute Gasteiger partial charge is 0.463 e. The zero-order valence-electron chi connectivity index (χ0n) is 29.2. The molecule has 3 aromatic rings. The van der Waals surface area contributed by atoms with Gasteiger partial charge in [-0.3, -0.25) is 4.79 Å². The van der Waals surface area contributed by atoms with Crippen molar-refractivity contribution in [2.75, 3.05) is 24.6 Å². The van der Waals surface area contributed by atoms with E-state index in [2.05, 4.69) is 80.3 Å². The molecule has 5 rings (SSSR count). The van der Waals surface area contributed by atoms with Crippen LogP contribution in [0.1, 0.15) is 58.8 Å². The maximum Gasteiger partial charge on any atom is 0.330 e. The van der Waals surface area contributed by atoms with E-state index in [1.165, 1.54) is 5.69 Å². The Morgan fingerprint density at radius 2 is 1.27 bits per heavy atom. The van der Waals surface area contributed by atoms with E-state index in [4.69, 9.17) is 9.47 Å². The molecule has 2 aliphatic rings. The molecule has 0 aliphatic heterocycles. The minimum atomic E-state index is -0.466. The molecular formula is C40H43N7O4. The predicted molar refractivity (Wildman–Crippen MR) is 198 cm³/mol. The lowest BCUT2D eigenvalue weighted by atomic mass is 10.0. The average molecular weight is 686 g/mol. The normalized spacial score (nSPS) is 14.4. The minimum absolute atomic E-state index is 0.251. The highest BCUT2D eigenvalue weighted by atomic mass is 16.5. The van der Waals surface area contributed by atoms with Crippen LogP contribution in [-0.2, 0) is 19.1 Å². The number of hydrogen-bond acceptors (Lipinski definition) is 11. The second-order valence-electron chi connectivity index (χ2n) is 11.8. The summed E-state index contributed by atoms with van der Waals surface area (Å²) in [5.41, 5.74) is 6.05. The monoisotopic (exact) mass is 685 g/mol. The number of allylic oxidation sites excluding steroid dienone is 4. The van der Waals surface area contributed by atoms with Crippen molar-refractivity contribution in [3.05, 3.63) is 119 Å². The molecular weight excluding hydrogens is 642 g/mol. The summed E-state index contributed by atoms with van der Waals surface area (Å²) in [6, 6.07) is 23.7. The first-order valence-electron chi connectivity index (χ1n) is 17.4. The lowest BCUT2D eigenvalue weighted by Gasteiger charge is -2.20. The number of hydrogen-bond donors (Lipinski definition) is 0. The summed E-state index contributed by atoms with van der Waals surface area (Å²) in [4.78, 5) is 25.5. The van der Waals surface area contributed by atoms with Gasteiger partial charge in [-0.1, -0.05) is 30.8 Å². The van der Waals surface area contributed by atoms with Gasteiger partial charge in [0.1, 0.15) is 5.76 Å². The third-order valence-corrected chi connectivity index (χ3v) is 8.36. The van der Waals surface area contributed by atoms with Crippen LogP contribution in [0.25, 0.3) is 11.4 Å². The highest BCUT2D eigenvalue weighted by Crippen LogP contribution is 2.26. The molecule has 11 nitrogen and oxygen atoms in total. The third-order valence-electron chi connectivity index (χ3n) is 8.36. The summed E-state index contributed by atoms with van der Waals surface area (Å²) in [6.45, 7) is 9.83. The smallest absolute Gasteiger partial charge is 0.330 e. The number of unbranched alkanes of at least 4 members (excludes halogenated alkanes) is 1. The standard InChI is InChI=1S/C40H43N7O4/c1-4-39(48)50-28-10-9-13-40(49)51-34-24-20-32(21-25-34)42-41-29-14-16-30(17-15-29)43-45-37-26-27-38(36-12-8-7-11-35(36)37)46-44-31-18-22-33(23-19-31)47(5-2)6-3/h4,7-8,11-12,14-20,22-24H,1,5-6,9-10,13,21,25-28H2,2-3H3. The van der Waals surface area contributed by atoms with Gasteiger partial charge in [0, 0.05) is 48.1 Å². The van der Waals surface area contributed by atoms with Gasteiger partial charge in [0.2, 0.25) is 0 Å². The van der Waals surface area contributed by atoms with Gasteiger partial charge in [0.05, 0.1) is 40.8 Å². The molecule has 0 fully saturated rings. The second-order valence-corrected chi connectivity index (χ2v) is 11.8. The Balaban J connectivity index is 1.16. The molecule has 0 heterocycles. The van der Waals surface area contributed by atoms with E-state index in [1.807, 2.05) is 48.5 Å². The quantitative estimate of drug-likeness (QED) is 0.0642. The highest BCUT2D eigenvalue weighted by molar-refractivity contribution is 5.81. The van der Waals surface area contributed by atoms with E-state index >= 15 is 0 Å². The maximum absolute atomic E-state index is 12.1. The van der Waals surface area contributed by atoms with E-state index < -0.39 is 5.97 Å². The maximum atomic E-state index is 12.1. The van der Waals surface area contributed by atoms with Gasteiger partial charge in [0.15, 0.2) is 0 Å². The number of esters is 2. The van der Waals surface area contributed by atoms with Crippen LogP contribution in [0.15, 0.2) is 140 Å². The van der Waals surface area contributed by atoms with Crippen LogP contribution in [0.4, 0.5) is 22.7 Å². The predicted octanol–water partition coefficient (Wildman–Crippen LogP) is 9.20. The number of nitrogens with zero attached hydrogens (tertiary/aromatic N) is 7. The summed E-state index contributed by atoms with van der Waals surface area (Å²) >= 11 is 0. The lowest BCUT2D eigenvalue weighted by Crippen LogP contribution is -2.31. The van der Waals surface area contributed by atoms with Crippen LogP contribution >= 0.6 is 0 Å². The van der Waals surface area contributed by atoms with E-state index in [9.17, 15) is 9.59 Å². The van der Waals surface area contributed by atoms with Crippen LogP contribution in [0.2, 0.25) is 0 Å². The van der Waals surface area contributed by atoms with Gasteiger partial charge in [-0.05, 0) is 107 Å². The van der Waals surface area contributed by atoms with Crippen molar-refractivity contribution in [3.8, 4) is 0 Å². The molecule has 0 unspecified atom stereocenters. The Hall–Kier alpha value is -5.84. The number of rotatable bonds is 16. The number of azo groups is 3. The zero-order valence-corrected chi connectivity index (χ0v) is 29.2. The number of fused-ring (bicyclic) bond motifs is 1. The number of ether oxygens (including phenoxy) is 2. The number of carbonyl (C=O) groups is 2. The Morgan fingerprint density at radius 3 is 1.80 bits per heavy atom. The minimum Gasteiger partial charge on any atom is -0.463 e. The van der Waals surface area contributed by atoms with Gasteiger partial charge in [-0.25, -0.2) is 4.79 Å².